The average molecular weight is 242 g/mol. The Morgan fingerprint density at radius 1 is 1.28 bits per heavy atom. The molecule has 18 heavy (non-hydrogen) atoms. The topological polar surface area (TPSA) is 27.8 Å². The number of nitrogens with one attached hydrogen (secondary N) is 2. The summed E-state index contributed by atoms with van der Waals surface area (Å²) in [6.45, 7) is 5.62. The van der Waals surface area contributed by atoms with Crippen LogP contribution in [0, 0.1) is 6.92 Å². The van der Waals surface area contributed by atoms with Gasteiger partial charge in [0.1, 0.15) is 0 Å². The molecule has 2 heteroatoms. The van der Waals surface area contributed by atoms with Gasteiger partial charge in [-0.2, -0.15) is 0 Å². The molecule has 1 saturated heterocycles. The van der Waals surface area contributed by atoms with E-state index in [1.54, 1.807) is 0 Å². The Balaban J connectivity index is 2.04. The van der Waals surface area contributed by atoms with Crippen molar-refractivity contribution in [2.24, 2.45) is 0 Å². The molecule has 0 saturated carbocycles. The van der Waals surface area contributed by atoms with Crippen LogP contribution in [-0.4, -0.2) is 11.5 Å². The minimum absolute atomic E-state index is 0.524. The maximum atomic E-state index is 3.63. The van der Waals surface area contributed by atoms with E-state index in [9.17, 15) is 0 Å². The van der Waals surface area contributed by atoms with Gasteiger partial charge in [-0.25, -0.2) is 0 Å². The second-order valence-electron chi connectivity index (χ2n) is 5.40. The lowest BCUT2D eigenvalue weighted by atomic mass is 9.98. The van der Waals surface area contributed by atoms with E-state index in [4.69, 9.17) is 0 Å². The molecule has 1 aliphatic heterocycles. The van der Waals surface area contributed by atoms with Gasteiger partial charge in [-0.15, -0.1) is 0 Å². The normalized spacial score (nSPS) is 20.4. The van der Waals surface area contributed by atoms with Crippen LogP contribution in [0.15, 0.2) is 18.2 Å². The minimum atomic E-state index is 0.524. The van der Waals surface area contributed by atoms with E-state index in [2.05, 4.69) is 42.3 Å². The lowest BCUT2D eigenvalue weighted by molar-refractivity contribution is 0.405. The van der Waals surface area contributed by atoms with Crippen LogP contribution in [0.5, 0.6) is 0 Å². The summed E-state index contributed by atoms with van der Waals surface area (Å²) in [5, 5.41) is 5.03. The molecule has 96 valence electrons. The van der Waals surface area contributed by atoms with Gasteiger partial charge in [-0.3, -0.25) is 0 Å². The predicted molar refractivity (Wildman–Crippen MR) is 77.0 cm³/mol. The Hall–Kier alpha value is -1.28. The van der Waals surface area contributed by atoms with Crippen molar-refractivity contribution in [3.05, 3.63) is 35.0 Å². The van der Waals surface area contributed by atoms with Crippen molar-refractivity contribution in [2.75, 3.05) is 6.54 Å². The highest BCUT2D eigenvalue weighted by Gasteiger charge is 2.19. The molecule has 1 aromatic heterocycles. The molecular formula is C16H22N2. The van der Waals surface area contributed by atoms with Gasteiger partial charge >= 0.3 is 0 Å². The average Bonchev–Trinajstić information content (AvgIpc) is 2.77. The van der Waals surface area contributed by atoms with Gasteiger partial charge < -0.3 is 10.3 Å². The fourth-order valence-corrected chi connectivity index (χ4v) is 3.06. The van der Waals surface area contributed by atoms with Crippen LogP contribution in [0.4, 0.5) is 0 Å². The van der Waals surface area contributed by atoms with Gasteiger partial charge in [0.05, 0.1) is 0 Å². The van der Waals surface area contributed by atoms with Crippen LogP contribution in [0.25, 0.3) is 10.9 Å². The highest BCUT2D eigenvalue weighted by Crippen LogP contribution is 2.30. The Bertz CT molecular complexity index is 547. The van der Waals surface area contributed by atoms with Crippen molar-refractivity contribution in [3.8, 4) is 0 Å². The fourth-order valence-electron chi connectivity index (χ4n) is 3.06. The smallest absolute Gasteiger partial charge is 0.0475 e. The number of aryl methyl sites for hydroxylation is 2. The molecule has 1 atom stereocenters. The second-order valence-corrected chi connectivity index (χ2v) is 5.40. The summed E-state index contributed by atoms with van der Waals surface area (Å²) in [7, 11) is 0. The van der Waals surface area contributed by atoms with Crippen molar-refractivity contribution in [1.29, 1.82) is 0 Å². The van der Waals surface area contributed by atoms with Crippen LogP contribution in [0.1, 0.15) is 49.0 Å². The maximum absolute atomic E-state index is 3.63. The third kappa shape index (κ3) is 1.95. The number of hydrogen-bond acceptors (Lipinski definition) is 1. The van der Waals surface area contributed by atoms with E-state index in [1.807, 2.05) is 0 Å². The second kappa shape index (κ2) is 4.77. The van der Waals surface area contributed by atoms with Crippen molar-refractivity contribution >= 4 is 10.9 Å². The third-order valence-corrected chi connectivity index (χ3v) is 4.23. The molecular weight excluding hydrogens is 220 g/mol. The number of aromatic amines is 1. The summed E-state index contributed by atoms with van der Waals surface area (Å²) in [4.78, 5) is 3.62. The SMILES string of the molecule is CCc1ccc2[nH]c(C3CCCCN3)c(C)c2c1. The zero-order valence-electron chi connectivity index (χ0n) is 11.3. The summed E-state index contributed by atoms with van der Waals surface area (Å²) >= 11 is 0. The Morgan fingerprint density at radius 3 is 2.89 bits per heavy atom. The summed E-state index contributed by atoms with van der Waals surface area (Å²) in [6.07, 6.45) is 5.02. The molecule has 3 rings (SSSR count). The van der Waals surface area contributed by atoms with E-state index in [1.165, 1.54) is 47.0 Å². The molecule has 2 N–H and O–H groups in total. The summed E-state index contributed by atoms with van der Waals surface area (Å²) in [5.41, 5.74) is 5.54. The summed E-state index contributed by atoms with van der Waals surface area (Å²) < 4.78 is 0. The van der Waals surface area contributed by atoms with E-state index in [0.717, 1.165) is 13.0 Å². The number of rotatable bonds is 2. The highest BCUT2D eigenvalue weighted by atomic mass is 15.0. The van der Waals surface area contributed by atoms with Crippen LogP contribution in [0.2, 0.25) is 0 Å². The molecule has 2 aromatic rings. The van der Waals surface area contributed by atoms with E-state index in [-0.39, 0.29) is 0 Å². The maximum Gasteiger partial charge on any atom is 0.0475 e. The molecule has 1 unspecified atom stereocenters. The van der Waals surface area contributed by atoms with Crippen LogP contribution >= 0.6 is 0 Å². The first-order valence-corrected chi connectivity index (χ1v) is 7.14. The molecule has 0 aliphatic carbocycles. The zero-order chi connectivity index (χ0) is 12.5. The molecule has 0 bridgehead atoms. The van der Waals surface area contributed by atoms with Crippen molar-refractivity contribution in [1.82, 2.24) is 10.3 Å². The quantitative estimate of drug-likeness (QED) is 0.822. The van der Waals surface area contributed by atoms with Gasteiger partial charge in [-0.05, 0) is 56.0 Å². The number of H-pyrrole nitrogens is 1. The first-order valence-electron chi connectivity index (χ1n) is 7.14. The van der Waals surface area contributed by atoms with Gasteiger partial charge in [0, 0.05) is 22.6 Å². The molecule has 0 radical (unpaired) electrons. The summed E-state index contributed by atoms with van der Waals surface area (Å²) in [6, 6.07) is 7.33. The van der Waals surface area contributed by atoms with Gasteiger partial charge in [0.2, 0.25) is 0 Å². The third-order valence-electron chi connectivity index (χ3n) is 4.23. The number of aromatic nitrogens is 1. The largest absolute Gasteiger partial charge is 0.357 e. The van der Waals surface area contributed by atoms with Crippen molar-refractivity contribution < 1.29 is 0 Å². The Labute approximate surface area is 109 Å². The van der Waals surface area contributed by atoms with Crippen molar-refractivity contribution in [3.63, 3.8) is 0 Å². The van der Waals surface area contributed by atoms with Crippen LogP contribution in [0.3, 0.4) is 0 Å². The van der Waals surface area contributed by atoms with Crippen LogP contribution in [-0.2, 0) is 6.42 Å². The molecule has 1 aliphatic rings. The molecule has 0 amide bonds. The van der Waals surface area contributed by atoms with E-state index >= 15 is 0 Å². The molecule has 2 heterocycles. The number of hydrogen-bond donors (Lipinski definition) is 2. The predicted octanol–water partition coefficient (Wildman–Crippen LogP) is 3.85. The van der Waals surface area contributed by atoms with Gasteiger partial charge in [0.15, 0.2) is 0 Å². The standard InChI is InChI=1S/C16H22N2/c1-3-12-7-8-14-13(10-12)11(2)16(18-14)15-6-4-5-9-17-15/h7-8,10,15,17-18H,3-6,9H2,1-2H3. The minimum Gasteiger partial charge on any atom is -0.357 e. The number of piperidine rings is 1. The molecule has 1 aromatic carbocycles. The monoisotopic (exact) mass is 242 g/mol. The first kappa shape index (κ1) is 11.8. The van der Waals surface area contributed by atoms with E-state index < -0.39 is 0 Å². The van der Waals surface area contributed by atoms with Gasteiger partial charge in [0.25, 0.3) is 0 Å². The Morgan fingerprint density at radius 2 is 2.17 bits per heavy atom. The zero-order valence-corrected chi connectivity index (χ0v) is 11.3. The lowest BCUT2D eigenvalue weighted by Gasteiger charge is -2.23. The molecule has 2 nitrogen and oxygen atoms in total. The lowest BCUT2D eigenvalue weighted by Crippen LogP contribution is -2.27. The number of fused-ring (bicyclic) bond motifs is 1. The van der Waals surface area contributed by atoms with Crippen molar-refractivity contribution in [2.45, 2.75) is 45.6 Å². The first-order chi connectivity index (χ1) is 8.79. The van der Waals surface area contributed by atoms with E-state index in [0.29, 0.717) is 6.04 Å². The molecule has 1 fully saturated rings. The van der Waals surface area contributed by atoms with Crippen LogP contribution < -0.4 is 5.32 Å². The fraction of sp³-hybridized carbons (Fsp3) is 0.500. The summed E-state index contributed by atoms with van der Waals surface area (Å²) in [5.74, 6) is 0. The molecule has 0 spiro atoms. The number of benzene rings is 1. The Kier molecular flexibility index (Phi) is 3.13. The van der Waals surface area contributed by atoms with Gasteiger partial charge in [-0.1, -0.05) is 19.4 Å². The highest BCUT2D eigenvalue weighted by molar-refractivity contribution is 5.85.